The van der Waals surface area contributed by atoms with Crippen LogP contribution >= 0.6 is 11.3 Å². The molecule has 0 radical (unpaired) electrons. The van der Waals surface area contributed by atoms with Gasteiger partial charge in [0.15, 0.2) is 0 Å². The van der Waals surface area contributed by atoms with Gasteiger partial charge in [-0.1, -0.05) is 6.07 Å². The van der Waals surface area contributed by atoms with Crippen LogP contribution in [0.3, 0.4) is 0 Å². The van der Waals surface area contributed by atoms with Gasteiger partial charge in [-0.25, -0.2) is 9.97 Å². The van der Waals surface area contributed by atoms with Crippen LogP contribution in [0.2, 0.25) is 0 Å². The molecule has 2 aromatic rings. The standard InChI is InChI=1S/C12H12N4S/c1-9(12-15-5-6-17-12)16-8-10-3-2-4-14-11(10)7-13/h2-6,9,16H,8H2,1H3. The quantitative estimate of drug-likeness (QED) is 0.896. The molecule has 86 valence electrons. The Morgan fingerprint density at radius 3 is 3.06 bits per heavy atom. The molecule has 0 saturated heterocycles. The first kappa shape index (κ1) is 11.7. The minimum atomic E-state index is 0.182. The lowest BCUT2D eigenvalue weighted by atomic mass is 10.2. The Bertz CT molecular complexity index is 516. The van der Waals surface area contributed by atoms with Crippen molar-refractivity contribution in [1.82, 2.24) is 15.3 Å². The number of nitriles is 1. The molecule has 5 heteroatoms. The zero-order valence-electron chi connectivity index (χ0n) is 9.42. The van der Waals surface area contributed by atoms with Crippen molar-refractivity contribution < 1.29 is 0 Å². The highest BCUT2D eigenvalue weighted by molar-refractivity contribution is 7.09. The first-order chi connectivity index (χ1) is 8.31. The molecule has 0 aliphatic rings. The number of nitrogens with one attached hydrogen (secondary N) is 1. The van der Waals surface area contributed by atoms with E-state index in [0.29, 0.717) is 12.2 Å². The average molecular weight is 244 g/mol. The molecule has 0 saturated carbocycles. The zero-order chi connectivity index (χ0) is 12.1. The van der Waals surface area contributed by atoms with Gasteiger partial charge in [-0.3, -0.25) is 0 Å². The predicted molar refractivity (Wildman–Crippen MR) is 66.3 cm³/mol. The van der Waals surface area contributed by atoms with Crippen molar-refractivity contribution in [3.05, 3.63) is 46.2 Å². The summed E-state index contributed by atoms with van der Waals surface area (Å²) in [5.41, 5.74) is 1.39. The Balaban J connectivity index is 2.01. The number of hydrogen-bond donors (Lipinski definition) is 1. The molecule has 0 bridgehead atoms. The number of nitrogens with zero attached hydrogens (tertiary/aromatic N) is 3. The van der Waals surface area contributed by atoms with Gasteiger partial charge in [0.1, 0.15) is 16.8 Å². The molecule has 0 amide bonds. The molecule has 0 spiro atoms. The number of aromatic nitrogens is 2. The van der Waals surface area contributed by atoms with E-state index in [4.69, 9.17) is 5.26 Å². The third kappa shape index (κ3) is 2.87. The second-order valence-corrected chi connectivity index (χ2v) is 4.52. The highest BCUT2D eigenvalue weighted by atomic mass is 32.1. The Hall–Kier alpha value is -1.77. The highest BCUT2D eigenvalue weighted by Crippen LogP contribution is 2.15. The van der Waals surface area contributed by atoms with E-state index in [9.17, 15) is 0 Å². The maximum atomic E-state index is 8.92. The molecular weight excluding hydrogens is 232 g/mol. The first-order valence-electron chi connectivity index (χ1n) is 5.28. The second-order valence-electron chi connectivity index (χ2n) is 3.60. The lowest BCUT2D eigenvalue weighted by Gasteiger charge is -2.11. The predicted octanol–water partition coefficient (Wildman–Crippen LogP) is 2.26. The summed E-state index contributed by atoms with van der Waals surface area (Å²) in [7, 11) is 0. The van der Waals surface area contributed by atoms with Crippen molar-refractivity contribution in [2.24, 2.45) is 0 Å². The van der Waals surface area contributed by atoms with E-state index in [2.05, 4.69) is 28.3 Å². The van der Waals surface area contributed by atoms with E-state index >= 15 is 0 Å². The fourth-order valence-electron chi connectivity index (χ4n) is 1.48. The molecule has 4 nitrogen and oxygen atoms in total. The molecule has 2 aromatic heterocycles. The largest absolute Gasteiger partial charge is 0.304 e. The van der Waals surface area contributed by atoms with Crippen LogP contribution in [0.1, 0.15) is 29.2 Å². The van der Waals surface area contributed by atoms with Crippen LogP contribution in [0.4, 0.5) is 0 Å². The summed E-state index contributed by atoms with van der Waals surface area (Å²) >= 11 is 1.62. The van der Waals surface area contributed by atoms with Crippen LogP contribution in [-0.4, -0.2) is 9.97 Å². The van der Waals surface area contributed by atoms with Gasteiger partial charge in [0.25, 0.3) is 0 Å². The SMILES string of the molecule is CC(NCc1cccnc1C#N)c1nccs1. The van der Waals surface area contributed by atoms with Gasteiger partial charge in [-0.05, 0) is 13.0 Å². The summed E-state index contributed by atoms with van der Waals surface area (Å²) in [5.74, 6) is 0. The molecule has 0 aliphatic carbocycles. The molecular formula is C12H12N4S. The summed E-state index contributed by atoms with van der Waals surface area (Å²) in [4.78, 5) is 8.27. The van der Waals surface area contributed by atoms with Gasteiger partial charge in [0.2, 0.25) is 0 Å². The Morgan fingerprint density at radius 1 is 1.47 bits per heavy atom. The summed E-state index contributed by atoms with van der Waals surface area (Å²) in [6.45, 7) is 2.68. The van der Waals surface area contributed by atoms with E-state index in [0.717, 1.165) is 10.6 Å². The number of rotatable bonds is 4. The molecule has 0 fully saturated rings. The number of thiazole rings is 1. The van der Waals surface area contributed by atoms with Crippen molar-refractivity contribution in [3.63, 3.8) is 0 Å². The van der Waals surface area contributed by atoms with Crippen molar-refractivity contribution in [1.29, 1.82) is 5.26 Å². The molecule has 17 heavy (non-hydrogen) atoms. The Labute approximate surface area is 104 Å². The van der Waals surface area contributed by atoms with Gasteiger partial charge < -0.3 is 5.32 Å². The lowest BCUT2D eigenvalue weighted by molar-refractivity contribution is 0.570. The third-order valence-electron chi connectivity index (χ3n) is 2.42. The fourth-order valence-corrected chi connectivity index (χ4v) is 2.15. The Morgan fingerprint density at radius 2 is 2.35 bits per heavy atom. The molecule has 0 aliphatic heterocycles. The minimum Gasteiger partial charge on any atom is -0.304 e. The van der Waals surface area contributed by atoms with Crippen LogP contribution in [0.5, 0.6) is 0 Å². The summed E-state index contributed by atoms with van der Waals surface area (Å²) in [6, 6.07) is 6.02. The fraction of sp³-hybridized carbons (Fsp3) is 0.250. The number of pyridine rings is 1. The second kappa shape index (κ2) is 5.53. The molecule has 1 atom stereocenters. The van der Waals surface area contributed by atoms with Crippen molar-refractivity contribution in [2.45, 2.75) is 19.5 Å². The maximum Gasteiger partial charge on any atom is 0.144 e. The van der Waals surface area contributed by atoms with Crippen molar-refractivity contribution >= 4 is 11.3 Å². The van der Waals surface area contributed by atoms with Gasteiger partial charge in [0, 0.05) is 29.9 Å². The summed E-state index contributed by atoms with van der Waals surface area (Å²) in [6.07, 6.45) is 3.43. The van der Waals surface area contributed by atoms with Crippen LogP contribution in [0, 0.1) is 11.3 Å². The van der Waals surface area contributed by atoms with E-state index in [1.165, 1.54) is 0 Å². The van der Waals surface area contributed by atoms with Crippen LogP contribution in [-0.2, 0) is 6.54 Å². The molecule has 1 unspecified atom stereocenters. The summed E-state index contributed by atoms with van der Waals surface area (Å²) in [5, 5.41) is 15.3. The molecule has 2 rings (SSSR count). The van der Waals surface area contributed by atoms with Crippen molar-refractivity contribution in [2.75, 3.05) is 0 Å². The summed E-state index contributed by atoms with van der Waals surface area (Å²) < 4.78 is 0. The van der Waals surface area contributed by atoms with Gasteiger partial charge >= 0.3 is 0 Å². The van der Waals surface area contributed by atoms with Crippen molar-refractivity contribution in [3.8, 4) is 6.07 Å². The minimum absolute atomic E-state index is 0.182. The molecule has 2 heterocycles. The topological polar surface area (TPSA) is 61.6 Å². The van der Waals surface area contributed by atoms with Crippen LogP contribution in [0.15, 0.2) is 29.9 Å². The lowest BCUT2D eigenvalue weighted by Crippen LogP contribution is -2.18. The van der Waals surface area contributed by atoms with Gasteiger partial charge in [-0.15, -0.1) is 11.3 Å². The highest BCUT2D eigenvalue weighted by Gasteiger charge is 2.08. The van der Waals surface area contributed by atoms with E-state index in [-0.39, 0.29) is 6.04 Å². The van der Waals surface area contributed by atoms with Gasteiger partial charge in [0.05, 0.1) is 6.04 Å². The van der Waals surface area contributed by atoms with E-state index in [1.54, 1.807) is 23.7 Å². The van der Waals surface area contributed by atoms with E-state index < -0.39 is 0 Å². The third-order valence-corrected chi connectivity index (χ3v) is 3.38. The smallest absolute Gasteiger partial charge is 0.144 e. The first-order valence-corrected chi connectivity index (χ1v) is 6.16. The van der Waals surface area contributed by atoms with E-state index in [1.807, 2.05) is 17.5 Å². The maximum absolute atomic E-state index is 8.92. The monoisotopic (exact) mass is 244 g/mol. The average Bonchev–Trinajstić information content (AvgIpc) is 2.90. The normalized spacial score (nSPS) is 12.0. The van der Waals surface area contributed by atoms with Crippen LogP contribution < -0.4 is 5.32 Å². The van der Waals surface area contributed by atoms with Crippen LogP contribution in [0.25, 0.3) is 0 Å². The molecule has 1 N–H and O–H groups in total. The molecule has 0 aromatic carbocycles. The zero-order valence-corrected chi connectivity index (χ0v) is 10.2. The Kier molecular flexibility index (Phi) is 3.81. The number of hydrogen-bond acceptors (Lipinski definition) is 5. The van der Waals surface area contributed by atoms with Gasteiger partial charge in [-0.2, -0.15) is 5.26 Å².